The Morgan fingerprint density at radius 3 is 2.29 bits per heavy atom. The number of nitrogens with one attached hydrogen (secondary N) is 2. The van der Waals surface area contributed by atoms with Crippen molar-refractivity contribution in [3.63, 3.8) is 0 Å². The highest BCUT2D eigenvalue weighted by molar-refractivity contribution is 7.84. The van der Waals surface area contributed by atoms with E-state index in [9.17, 15) is 9.00 Å². The third kappa shape index (κ3) is 4.23. The van der Waals surface area contributed by atoms with Gasteiger partial charge >= 0.3 is 6.03 Å². The van der Waals surface area contributed by atoms with Crippen LogP contribution in [0.1, 0.15) is 28.7 Å². The third-order valence-corrected chi connectivity index (χ3v) is 5.26. The van der Waals surface area contributed by atoms with E-state index in [1.165, 1.54) is 24.0 Å². The van der Waals surface area contributed by atoms with Crippen LogP contribution in [0.3, 0.4) is 0 Å². The molecule has 126 valence electrons. The van der Waals surface area contributed by atoms with Crippen LogP contribution < -0.4 is 10.6 Å². The fraction of sp³-hybridized carbons (Fsp3) is 0.316. The molecule has 2 aromatic rings. The van der Waals surface area contributed by atoms with E-state index in [4.69, 9.17) is 0 Å². The summed E-state index contributed by atoms with van der Waals surface area (Å²) in [4.78, 5) is 12.7. The Labute approximate surface area is 145 Å². The second kappa shape index (κ2) is 7.62. The van der Waals surface area contributed by atoms with Gasteiger partial charge in [0.15, 0.2) is 0 Å². The summed E-state index contributed by atoms with van der Waals surface area (Å²) in [5.41, 5.74) is 4.99. The average Bonchev–Trinajstić information content (AvgIpc) is 3.06. The van der Waals surface area contributed by atoms with Crippen LogP contribution >= 0.6 is 0 Å². The molecule has 0 fully saturated rings. The van der Waals surface area contributed by atoms with Crippen LogP contribution in [0, 0.1) is 0 Å². The number of benzene rings is 2. The van der Waals surface area contributed by atoms with Crippen LogP contribution in [0.4, 0.5) is 4.79 Å². The molecule has 0 heterocycles. The fourth-order valence-corrected chi connectivity index (χ4v) is 3.48. The zero-order valence-corrected chi connectivity index (χ0v) is 14.6. The summed E-state index contributed by atoms with van der Waals surface area (Å²) in [5.74, 6) is 0. The highest BCUT2D eigenvalue weighted by Crippen LogP contribution is 2.22. The lowest BCUT2D eigenvalue weighted by Gasteiger charge is -2.09. The molecule has 0 saturated heterocycles. The smallest absolute Gasteiger partial charge is 0.315 e. The summed E-state index contributed by atoms with van der Waals surface area (Å²) < 4.78 is 11.3. The van der Waals surface area contributed by atoms with Crippen molar-refractivity contribution in [3.8, 4) is 0 Å². The molecule has 0 radical (unpaired) electrons. The monoisotopic (exact) mass is 342 g/mol. The molecule has 24 heavy (non-hydrogen) atoms. The van der Waals surface area contributed by atoms with Gasteiger partial charge in [-0.1, -0.05) is 30.3 Å². The van der Waals surface area contributed by atoms with Crippen molar-refractivity contribution in [3.05, 3.63) is 64.7 Å². The van der Waals surface area contributed by atoms with Crippen LogP contribution in [0.5, 0.6) is 0 Å². The summed E-state index contributed by atoms with van der Waals surface area (Å²) in [7, 11) is -0.974. The Hall–Kier alpha value is -2.14. The number of aryl methyl sites for hydroxylation is 2. The Balaban J connectivity index is 1.46. The van der Waals surface area contributed by atoms with E-state index >= 15 is 0 Å². The van der Waals surface area contributed by atoms with Gasteiger partial charge < -0.3 is 10.6 Å². The van der Waals surface area contributed by atoms with Crippen molar-refractivity contribution in [2.24, 2.45) is 0 Å². The van der Waals surface area contributed by atoms with Crippen molar-refractivity contribution in [1.82, 2.24) is 10.6 Å². The van der Waals surface area contributed by atoms with Gasteiger partial charge in [0.2, 0.25) is 0 Å². The Bertz CT molecular complexity index is 756. The van der Waals surface area contributed by atoms with Gasteiger partial charge in [0.25, 0.3) is 0 Å². The molecule has 4 nitrogen and oxygen atoms in total. The van der Waals surface area contributed by atoms with E-state index in [2.05, 4.69) is 28.8 Å². The zero-order valence-electron chi connectivity index (χ0n) is 13.8. The summed E-state index contributed by atoms with van der Waals surface area (Å²) in [6.45, 7) is 0.986. The van der Waals surface area contributed by atoms with Crippen molar-refractivity contribution >= 4 is 16.8 Å². The minimum atomic E-state index is -0.974. The Morgan fingerprint density at radius 2 is 1.58 bits per heavy atom. The predicted octanol–water partition coefficient (Wildman–Crippen LogP) is 2.91. The van der Waals surface area contributed by atoms with Gasteiger partial charge in [-0.2, -0.15) is 0 Å². The minimum Gasteiger partial charge on any atom is -0.334 e. The molecule has 0 bridgehead atoms. The molecule has 1 atom stereocenters. The van der Waals surface area contributed by atoms with Crippen LogP contribution in [0.25, 0.3) is 0 Å². The molecular formula is C19H22N2O2S. The maximum absolute atomic E-state index is 11.9. The first kappa shape index (κ1) is 16.7. The average molecular weight is 342 g/mol. The lowest BCUT2D eigenvalue weighted by Crippen LogP contribution is -2.34. The second-order valence-electron chi connectivity index (χ2n) is 6.09. The summed E-state index contributed by atoms with van der Waals surface area (Å²) in [6.07, 6.45) is 5.21. The Kier molecular flexibility index (Phi) is 5.30. The van der Waals surface area contributed by atoms with Crippen molar-refractivity contribution < 1.29 is 9.00 Å². The van der Waals surface area contributed by atoms with Gasteiger partial charge in [0.05, 0.1) is 0 Å². The van der Waals surface area contributed by atoms with Gasteiger partial charge in [-0.05, 0) is 53.6 Å². The second-order valence-corrected chi connectivity index (χ2v) is 7.47. The number of fused-ring (bicyclic) bond motifs is 1. The summed E-state index contributed by atoms with van der Waals surface area (Å²) >= 11 is 0. The molecule has 2 amide bonds. The first-order chi connectivity index (χ1) is 11.6. The van der Waals surface area contributed by atoms with Crippen LogP contribution in [-0.2, 0) is 36.7 Å². The maximum Gasteiger partial charge on any atom is 0.315 e. The normalized spacial score (nSPS) is 14.0. The molecular weight excluding hydrogens is 320 g/mol. The quantitative estimate of drug-likeness (QED) is 0.878. The minimum absolute atomic E-state index is 0.182. The summed E-state index contributed by atoms with van der Waals surface area (Å²) in [6, 6.07) is 13.7. The van der Waals surface area contributed by atoms with E-state index < -0.39 is 10.8 Å². The largest absolute Gasteiger partial charge is 0.334 e. The molecule has 1 aliphatic carbocycles. The number of rotatable bonds is 5. The van der Waals surface area contributed by atoms with Crippen molar-refractivity contribution in [2.75, 3.05) is 6.26 Å². The first-order valence-electron chi connectivity index (χ1n) is 8.16. The summed E-state index contributed by atoms with van der Waals surface area (Å²) in [5, 5.41) is 5.74. The maximum atomic E-state index is 11.9. The van der Waals surface area contributed by atoms with E-state index in [1.807, 2.05) is 24.3 Å². The standard InChI is InChI=1S/C19H22N2O2S/c1-24(23)18-9-6-14(7-10-18)12-20-19(22)21-13-15-5-8-16-3-2-4-17(16)11-15/h5-11H,2-4,12-13H2,1H3,(H2,20,21,22)/t24-/m1/s1. The van der Waals surface area contributed by atoms with Gasteiger partial charge in [-0.15, -0.1) is 0 Å². The number of amides is 2. The number of urea groups is 1. The van der Waals surface area contributed by atoms with Crippen LogP contribution in [-0.4, -0.2) is 16.5 Å². The van der Waals surface area contributed by atoms with Crippen LogP contribution in [0.2, 0.25) is 0 Å². The van der Waals surface area contributed by atoms with E-state index in [0.29, 0.717) is 13.1 Å². The molecule has 2 N–H and O–H groups in total. The van der Waals surface area contributed by atoms with E-state index in [-0.39, 0.29) is 6.03 Å². The van der Waals surface area contributed by atoms with E-state index in [1.54, 1.807) is 6.26 Å². The topological polar surface area (TPSA) is 58.2 Å². The number of carbonyl (C=O) groups is 1. The van der Waals surface area contributed by atoms with Gasteiger partial charge in [0, 0.05) is 35.0 Å². The highest BCUT2D eigenvalue weighted by atomic mass is 32.2. The number of hydrogen-bond acceptors (Lipinski definition) is 2. The highest BCUT2D eigenvalue weighted by Gasteiger charge is 2.11. The fourth-order valence-electron chi connectivity index (χ4n) is 2.96. The third-order valence-electron chi connectivity index (χ3n) is 4.32. The lowest BCUT2D eigenvalue weighted by atomic mass is 10.1. The molecule has 2 aromatic carbocycles. The zero-order chi connectivity index (χ0) is 16.9. The van der Waals surface area contributed by atoms with Crippen molar-refractivity contribution in [2.45, 2.75) is 37.2 Å². The van der Waals surface area contributed by atoms with Gasteiger partial charge in [0.1, 0.15) is 0 Å². The van der Waals surface area contributed by atoms with Crippen LogP contribution in [0.15, 0.2) is 47.4 Å². The van der Waals surface area contributed by atoms with Crippen molar-refractivity contribution in [1.29, 1.82) is 0 Å². The molecule has 0 saturated carbocycles. The number of carbonyl (C=O) groups excluding carboxylic acids is 1. The molecule has 0 unspecified atom stereocenters. The SMILES string of the molecule is C[S@@](=O)c1ccc(CNC(=O)NCc2ccc3c(c2)CCC3)cc1. The molecule has 3 rings (SSSR count). The number of hydrogen-bond donors (Lipinski definition) is 2. The molecule has 1 aliphatic rings. The molecule has 0 aromatic heterocycles. The molecule has 0 aliphatic heterocycles. The molecule has 5 heteroatoms. The Morgan fingerprint density at radius 1 is 0.958 bits per heavy atom. The first-order valence-corrected chi connectivity index (χ1v) is 9.72. The lowest BCUT2D eigenvalue weighted by molar-refractivity contribution is 0.240. The predicted molar refractivity (Wildman–Crippen MR) is 96.3 cm³/mol. The molecule has 0 spiro atoms. The van der Waals surface area contributed by atoms with E-state index in [0.717, 1.165) is 22.4 Å². The van der Waals surface area contributed by atoms with Gasteiger partial charge in [-0.3, -0.25) is 4.21 Å². The van der Waals surface area contributed by atoms with Gasteiger partial charge in [-0.25, -0.2) is 4.79 Å².